The quantitative estimate of drug-likeness (QED) is 0.943. The molecule has 1 aliphatic rings. The second kappa shape index (κ2) is 6.56. The van der Waals surface area contributed by atoms with Crippen molar-refractivity contribution in [2.45, 2.75) is 25.3 Å². The summed E-state index contributed by atoms with van der Waals surface area (Å²) in [6.45, 7) is 0.753. The van der Waals surface area contributed by atoms with E-state index >= 15 is 0 Å². The van der Waals surface area contributed by atoms with E-state index in [9.17, 15) is 9.18 Å². The van der Waals surface area contributed by atoms with Gasteiger partial charge in [-0.15, -0.1) is 0 Å². The summed E-state index contributed by atoms with van der Waals surface area (Å²) >= 11 is 0. The molecule has 0 saturated carbocycles. The topological polar surface area (TPSA) is 45.2 Å². The van der Waals surface area contributed by atoms with Gasteiger partial charge in [-0.25, -0.2) is 9.18 Å². The highest BCUT2D eigenvalue weighted by molar-refractivity contribution is 5.89. The number of anilines is 1. The molecular weight excluding hydrogens is 281 g/mol. The largest absolute Gasteiger partial charge is 0.322 e. The molecule has 1 unspecified atom stereocenters. The van der Waals surface area contributed by atoms with Crippen LogP contribution in [-0.4, -0.2) is 28.5 Å². The van der Waals surface area contributed by atoms with Crippen LogP contribution in [0.2, 0.25) is 0 Å². The first kappa shape index (κ1) is 14.5. The zero-order valence-corrected chi connectivity index (χ0v) is 12.2. The van der Waals surface area contributed by atoms with Crippen molar-refractivity contribution < 1.29 is 9.18 Å². The first-order valence-corrected chi connectivity index (χ1v) is 7.44. The summed E-state index contributed by atoms with van der Waals surface area (Å²) in [7, 11) is 0. The van der Waals surface area contributed by atoms with Crippen LogP contribution in [0.4, 0.5) is 14.9 Å². The van der Waals surface area contributed by atoms with Gasteiger partial charge in [0.25, 0.3) is 0 Å². The number of hydrogen-bond acceptors (Lipinski definition) is 2. The molecule has 114 valence electrons. The van der Waals surface area contributed by atoms with Crippen molar-refractivity contribution in [2.24, 2.45) is 0 Å². The van der Waals surface area contributed by atoms with Gasteiger partial charge < -0.3 is 10.2 Å². The average molecular weight is 299 g/mol. The van der Waals surface area contributed by atoms with E-state index in [1.807, 2.05) is 4.90 Å². The number of hydrogen-bond donors (Lipinski definition) is 1. The molecule has 5 heteroatoms. The molecule has 1 aromatic carbocycles. The number of urea groups is 1. The van der Waals surface area contributed by atoms with Gasteiger partial charge in [-0.05, 0) is 49.1 Å². The van der Waals surface area contributed by atoms with Crippen molar-refractivity contribution in [2.75, 3.05) is 11.9 Å². The normalized spacial score (nSPS) is 17.5. The Balaban J connectivity index is 1.65. The van der Waals surface area contributed by atoms with Crippen LogP contribution < -0.4 is 5.32 Å². The van der Waals surface area contributed by atoms with Crippen LogP contribution in [0.3, 0.4) is 0 Å². The summed E-state index contributed by atoms with van der Waals surface area (Å²) in [5.41, 5.74) is 1.79. The van der Waals surface area contributed by atoms with E-state index in [-0.39, 0.29) is 17.9 Å². The third-order valence-electron chi connectivity index (χ3n) is 3.95. The summed E-state index contributed by atoms with van der Waals surface area (Å²) < 4.78 is 13.0. The fraction of sp³-hybridized carbons (Fsp3) is 0.294. The number of halogens is 1. The summed E-state index contributed by atoms with van der Waals surface area (Å²) in [4.78, 5) is 18.2. The van der Waals surface area contributed by atoms with Crippen molar-refractivity contribution in [3.63, 3.8) is 0 Å². The molecule has 1 N–H and O–H groups in total. The number of carbonyl (C=O) groups is 1. The highest BCUT2D eigenvalue weighted by atomic mass is 19.1. The molecule has 4 nitrogen and oxygen atoms in total. The van der Waals surface area contributed by atoms with Gasteiger partial charge in [0.2, 0.25) is 0 Å². The van der Waals surface area contributed by atoms with E-state index in [1.54, 1.807) is 36.7 Å². The molecule has 1 fully saturated rings. The second-order valence-corrected chi connectivity index (χ2v) is 5.49. The predicted octanol–water partition coefficient (Wildman–Crippen LogP) is 3.46. The Morgan fingerprint density at radius 2 is 1.95 bits per heavy atom. The number of pyridine rings is 1. The van der Waals surface area contributed by atoms with Gasteiger partial charge in [0.05, 0.1) is 0 Å². The Kier molecular flexibility index (Phi) is 4.32. The molecule has 2 heterocycles. The Morgan fingerprint density at radius 3 is 2.68 bits per heavy atom. The third kappa shape index (κ3) is 3.42. The number of benzene rings is 1. The van der Waals surface area contributed by atoms with E-state index in [2.05, 4.69) is 10.3 Å². The van der Waals surface area contributed by atoms with Crippen molar-refractivity contribution in [1.29, 1.82) is 0 Å². The lowest BCUT2D eigenvalue weighted by Gasteiger charge is -2.25. The van der Waals surface area contributed by atoms with Crippen molar-refractivity contribution in [1.82, 2.24) is 9.88 Å². The van der Waals surface area contributed by atoms with Crippen molar-refractivity contribution in [3.8, 4) is 0 Å². The van der Waals surface area contributed by atoms with Crippen LogP contribution in [-0.2, 0) is 6.42 Å². The highest BCUT2D eigenvalue weighted by Crippen LogP contribution is 2.22. The van der Waals surface area contributed by atoms with Crippen LogP contribution in [0.1, 0.15) is 18.4 Å². The fourth-order valence-corrected chi connectivity index (χ4v) is 2.84. The predicted molar refractivity (Wildman–Crippen MR) is 83.1 cm³/mol. The zero-order valence-electron chi connectivity index (χ0n) is 12.2. The maximum Gasteiger partial charge on any atom is 0.322 e. The maximum atomic E-state index is 13.0. The zero-order chi connectivity index (χ0) is 15.4. The standard InChI is InChI=1S/C17H18FN3O/c18-14-5-3-13(4-6-14)12-16-2-1-11-21(16)17(22)20-15-7-9-19-10-8-15/h3-10,16H,1-2,11-12H2,(H,19,20,22). The summed E-state index contributed by atoms with van der Waals surface area (Å²) in [5, 5.41) is 2.90. The minimum Gasteiger partial charge on any atom is -0.321 e. The van der Waals surface area contributed by atoms with Gasteiger partial charge in [-0.1, -0.05) is 12.1 Å². The van der Waals surface area contributed by atoms with Crippen molar-refractivity contribution >= 4 is 11.7 Å². The molecule has 3 rings (SSSR count). The molecule has 0 radical (unpaired) electrons. The number of nitrogens with zero attached hydrogens (tertiary/aromatic N) is 2. The smallest absolute Gasteiger partial charge is 0.321 e. The number of carbonyl (C=O) groups excluding carboxylic acids is 1. The number of rotatable bonds is 3. The van der Waals surface area contributed by atoms with Crippen LogP contribution in [0.5, 0.6) is 0 Å². The summed E-state index contributed by atoms with van der Waals surface area (Å²) in [6.07, 6.45) is 6.02. The molecule has 1 atom stereocenters. The molecule has 2 aromatic rings. The SMILES string of the molecule is O=C(Nc1ccncc1)N1CCCC1Cc1ccc(F)cc1. The van der Waals surface area contributed by atoms with Crippen LogP contribution in [0.25, 0.3) is 0 Å². The first-order valence-electron chi connectivity index (χ1n) is 7.44. The van der Waals surface area contributed by atoms with Gasteiger partial charge in [-0.2, -0.15) is 0 Å². The Morgan fingerprint density at radius 1 is 1.23 bits per heavy atom. The lowest BCUT2D eigenvalue weighted by Crippen LogP contribution is -2.39. The molecule has 2 amide bonds. The summed E-state index contributed by atoms with van der Waals surface area (Å²) in [5.74, 6) is -0.234. The van der Waals surface area contributed by atoms with E-state index in [0.29, 0.717) is 0 Å². The fourth-order valence-electron chi connectivity index (χ4n) is 2.84. The van der Waals surface area contributed by atoms with Gasteiger partial charge in [0.15, 0.2) is 0 Å². The summed E-state index contributed by atoms with van der Waals surface area (Å²) in [6, 6.07) is 10.1. The second-order valence-electron chi connectivity index (χ2n) is 5.49. The molecule has 0 aliphatic carbocycles. The monoisotopic (exact) mass is 299 g/mol. The van der Waals surface area contributed by atoms with E-state index in [0.717, 1.165) is 37.1 Å². The molecule has 1 saturated heterocycles. The van der Waals surface area contributed by atoms with Crippen LogP contribution >= 0.6 is 0 Å². The molecule has 1 aromatic heterocycles. The van der Waals surface area contributed by atoms with E-state index in [1.165, 1.54) is 12.1 Å². The maximum absolute atomic E-state index is 13.0. The van der Waals surface area contributed by atoms with Gasteiger partial charge in [0.1, 0.15) is 5.82 Å². The minimum absolute atomic E-state index is 0.0872. The Hall–Kier alpha value is -2.43. The average Bonchev–Trinajstić information content (AvgIpc) is 2.99. The molecule has 22 heavy (non-hydrogen) atoms. The number of nitrogens with one attached hydrogen (secondary N) is 1. The number of amides is 2. The van der Waals surface area contributed by atoms with E-state index < -0.39 is 0 Å². The lowest BCUT2D eigenvalue weighted by atomic mass is 10.0. The van der Waals surface area contributed by atoms with Crippen molar-refractivity contribution in [3.05, 3.63) is 60.2 Å². The van der Waals surface area contributed by atoms with Gasteiger partial charge in [-0.3, -0.25) is 4.98 Å². The number of likely N-dealkylation sites (tertiary alicyclic amines) is 1. The number of aromatic nitrogens is 1. The van der Waals surface area contributed by atoms with Crippen LogP contribution in [0.15, 0.2) is 48.8 Å². The molecular formula is C17H18FN3O. The molecule has 0 bridgehead atoms. The molecule has 0 spiro atoms. The minimum atomic E-state index is -0.234. The highest BCUT2D eigenvalue weighted by Gasteiger charge is 2.28. The first-order chi connectivity index (χ1) is 10.7. The van der Waals surface area contributed by atoms with Crippen LogP contribution in [0, 0.1) is 5.82 Å². The third-order valence-corrected chi connectivity index (χ3v) is 3.95. The Labute approximate surface area is 129 Å². The lowest BCUT2D eigenvalue weighted by molar-refractivity contribution is 0.206. The van der Waals surface area contributed by atoms with Gasteiger partial charge >= 0.3 is 6.03 Å². The van der Waals surface area contributed by atoms with Gasteiger partial charge in [0, 0.05) is 30.7 Å². The molecule has 1 aliphatic heterocycles. The van der Waals surface area contributed by atoms with E-state index in [4.69, 9.17) is 0 Å². The Bertz CT molecular complexity index is 630.